The minimum atomic E-state index is 0.0510. The first-order chi connectivity index (χ1) is 12.0. The standard InChI is InChI=1S/C18H17BN5O/c1-11-4-3-5-15(8-11)21-23-19-24-22-17-12(2)9-13-6-7-14(20)10-16(13)18(17)25/h3-10,25H,20H2,1-2H3. The van der Waals surface area contributed by atoms with Gasteiger partial charge in [0.05, 0.1) is 5.69 Å². The second-order valence-electron chi connectivity index (χ2n) is 5.76. The van der Waals surface area contributed by atoms with Crippen molar-refractivity contribution in [2.24, 2.45) is 20.3 Å². The van der Waals surface area contributed by atoms with E-state index in [4.69, 9.17) is 5.73 Å². The first-order valence-corrected chi connectivity index (χ1v) is 7.76. The van der Waals surface area contributed by atoms with Crippen LogP contribution in [0.1, 0.15) is 11.1 Å². The molecule has 25 heavy (non-hydrogen) atoms. The summed E-state index contributed by atoms with van der Waals surface area (Å²) in [6.07, 6.45) is 0. The largest absolute Gasteiger partial charge is 0.505 e. The van der Waals surface area contributed by atoms with Crippen LogP contribution >= 0.6 is 0 Å². The molecule has 0 aliphatic rings. The van der Waals surface area contributed by atoms with Crippen molar-refractivity contribution in [3.63, 3.8) is 0 Å². The molecule has 0 fully saturated rings. The SMILES string of the molecule is Cc1cccc(N=N[B]N=Nc2c(C)cc3ccc(N)cc3c2O)c1. The molecule has 0 aliphatic carbocycles. The maximum absolute atomic E-state index is 10.4. The van der Waals surface area contributed by atoms with Crippen LogP contribution in [0.2, 0.25) is 0 Å². The van der Waals surface area contributed by atoms with E-state index in [-0.39, 0.29) is 5.75 Å². The van der Waals surface area contributed by atoms with E-state index in [2.05, 4.69) is 20.3 Å². The van der Waals surface area contributed by atoms with Crippen molar-refractivity contribution in [1.82, 2.24) is 0 Å². The quantitative estimate of drug-likeness (QED) is 0.393. The van der Waals surface area contributed by atoms with Crippen molar-refractivity contribution in [3.8, 4) is 5.75 Å². The van der Waals surface area contributed by atoms with Gasteiger partial charge in [0, 0.05) is 11.1 Å². The predicted octanol–water partition coefficient (Wildman–Crippen LogP) is 5.15. The number of rotatable bonds is 4. The van der Waals surface area contributed by atoms with Crippen molar-refractivity contribution in [2.45, 2.75) is 13.8 Å². The predicted molar refractivity (Wildman–Crippen MR) is 101 cm³/mol. The highest BCUT2D eigenvalue weighted by Crippen LogP contribution is 2.38. The number of aryl methyl sites for hydroxylation is 2. The third-order valence-electron chi connectivity index (χ3n) is 3.74. The van der Waals surface area contributed by atoms with Gasteiger partial charge in [0.15, 0.2) is 5.75 Å². The molecule has 3 aromatic carbocycles. The van der Waals surface area contributed by atoms with E-state index in [9.17, 15) is 5.11 Å². The Hall–Kier alpha value is -3.22. The van der Waals surface area contributed by atoms with Gasteiger partial charge in [0.25, 0.3) is 0 Å². The zero-order valence-electron chi connectivity index (χ0n) is 14.0. The fraction of sp³-hybridized carbons (Fsp3) is 0.111. The Morgan fingerprint density at radius 1 is 0.960 bits per heavy atom. The summed E-state index contributed by atoms with van der Waals surface area (Å²) in [7, 11) is 1.24. The van der Waals surface area contributed by atoms with Crippen LogP contribution in [0.15, 0.2) is 68.8 Å². The van der Waals surface area contributed by atoms with E-state index >= 15 is 0 Å². The minimum absolute atomic E-state index is 0.0510. The fourth-order valence-electron chi connectivity index (χ4n) is 2.54. The molecule has 0 saturated heterocycles. The number of nitrogens with two attached hydrogens (primary N) is 1. The Morgan fingerprint density at radius 3 is 2.56 bits per heavy atom. The number of anilines is 1. The summed E-state index contributed by atoms with van der Waals surface area (Å²) in [5.74, 6) is 0.0510. The second-order valence-corrected chi connectivity index (χ2v) is 5.76. The number of nitrogens with zero attached hydrogens (tertiary/aromatic N) is 4. The molecule has 0 atom stereocenters. The van der Waals surface area contributed by atoms with Crippen LogP contribution in [0.3, 0.4) is 0 Å². The Bertz CT molecular complexity index is 985. The summed E-state index contributed by atoms with van der Waals surface area (Å²) >= 11 is 0. The summed E-state index contributed by atoms with van der Waals surface area (Å²) in [6.45, 7) is 3.85. The lowest BCUT2D eigenvalue weighted by molar-refractivity contribution is 0.482. The number of phenolic OH excluding ortho intramolecular Hbond substituents is 1. The van der Waals surface area contributed by atoms with Crippen LogP contribution < -0.4 is 5.73 Å². The zero-order chi connectivity index (χ0) is 17.8. The van der Waals surface area contributed by atoms with Crippen molar-refractivity contribution < 1.29 is 5.11 Å². The molecule has 6 nitrogen and oxygen atoms in total. The summed E-state index contributed by atoms with van der Waals surface area (Å²) in [6, 6.07) is 15.0. The van der Waals surface area contributed by atoms with Gasteiger partial charge < -0.3 is 10.8 Å². The molecule has 0 aliphatic heterocycles. The molecule has 0 bridgehead atoms. The van der Waals surface area contributed by atoms with Crippen molar-refractivity contribution in [3.05, 3.63) is 59.7 Å². The molecule has 0 amide bonds. The van der Waals surface area contributed by atoms with Gasteiger partial charge in [0.2, 0.25) is 0 Å². The van der Waals surface area contributed by atoms with Crippen molar-refractivity contribution >= 4 is 35.4 Å². The number of nitrogen functional groups attached to an aromatic ring is 1. The number of aromatic hydroxyl groups is 1. The van der Waals surface area contributed by atoms with Gasteiger partial charge in [-0.2, -0.15) is 10.2 Å². The molecule has 7 heteroatoms. The highest BCUT2D eigenvalue weighted by atomic mass is 16.3. The number of hydrogen-bond donors (Lipinski definition) is 2. The average Bonchev–Trinajstić information content (AvgIpc) is 2.58. The molecule has 0 heterocycles. The molecular formula is C18H17BN5O. The molecule has 3 rings (SSSR count). The zero-order valence-corrected chi connectivity index (χ0v) is 14.0. The first kappa shape index (κ1) is 16.6. The van der Waals surface area contributed by atoms with Gasteiger partial charge >= 0.3 is 7.55 Å². The van der Waals surface area contributed by atoms with Gasteiger partial charge in [-0.25, -0.2) is 10.1 Å². The Kier molecular flexibility index (Phi) is 4.74. The number of hydrogen-bond acceptors (Lipinski definition) is 6. The lowest BCUT2D eigenvalue weighted by atomic mass is 10.0. The van der Waals surface area contributed by atoms with Gasteiger partial charge in [-0.15, -0.1) is 0 Å². The molecule has 3 aromatic rings. The molecular weight excluding hydrogens is 313 g/mol. The van der Waals surface area contributed by atoms with E-state index in [1.807, 2.05) is 50.2 Å². The van der Waals surface area contributed by atoms with Gasteiger partial charge in [-0.05, 0) is 60.7 Å². The molecule has 3 N–H and O–H groups in total. The number of fused-ring (bicyclic) bond motifs is 1. The van der Waals surface area contributed by atoms with E-state index in [1.165, 1.54) is 7.55 Å². The summed E-state index contributed by atoms with van der Waals surface area (Å²) in [4.78, 5) is 0. The molecule has 0 aromatic heterocycles. The van der Waals surface area contributed by atoms with Gasteiger partial charge in [-0.3, -0.25) is 0 Å². The fourth-order valence-corrected chi connectivity index (χ4v) is 2.54. The smallest absolute Gasteiger partial charge is 0.486 e. The third-order valence-corrected chi connectivity index (χ3v) is 3.74. The van der Waals surface area contributed by atoms with Crippen LogP contribution in [0.5, 0.6) is 5.75 Å². The van der Waals surface area contributed by atoms with Crippen molar-refractivity contribution in [2.75, 3.05) is 5.73 Å². The van der Waals surface area contributed by atoms with Crippen LogP contribution in [0.4, 0.5) is 17.1 Å². The maximum atomic E-state index is 10.4. The van der Waals surface area contributed by atoms with E-state index in [0.29, 0.717) is 16.8 Å². The first-order valence-electron chi connectivity index (χ1n) is 7.76. The summed E-state index contributed by atoms with van der Waals surface area (Å²) in [5, 5.41) is 27.8. The monoisotopic (exact) mass is 330 g/mol. The number of benzene rings is 3. The van der Waals surface area contributed by atoms with Crippen LogP contribution in [0, 0.1) is 13.8 Å². The number of phenols is 1. The molecule has 1 radical (unpaired) electrons. The average molecular weight is 330 g/mol. The van der Waals surface area contributed by atoms with E-state index in [0.717, 1.165) is 22.2 Å². The lowest BCUT2D eigenvalue weighted by Crippen LogP contribution is -1.86. The van der Waals surface area contributed by atoms with Gasteiger partial charge in [0.1, 0.15) is 5.69 Å². The topological polar surface area (TPSA) is 95.7 Å². The molecule has 0 saturated carbocycles. The van der Waals surface area contributed by atoms with Crippen LogP contribution in [-0.2, 0) is 0 Å². The molecule has 123 valence electrons. The van der Waals surface area contributed by atoms with Gasteiger partial charge in [-0.1, -0.05) is 18.2 Å². The molecule has 0 spiro atoms. The Morgan fingerprint density at radius 2 is 1.76 bits per heavy atom. The highest BCUT2D eigenvalue weighted by molar-refractivity contribution is 6.29. The normalized spacial score (nSPS) is 11.6. The third kappa shape index (κ3) is 3.83. The summed E-state index contributed by atoms with van der Waals surface area (Å²) in [5.41, 5.74) is 9.41. The molecule has 0 unspecified atom stereocenters. The van der Waals surface area contributed by atoms with E-state index in [1.54, 1.807) is 12.1 Å². The van der Waals surface area contributed by atoms with E-state index < -0.39 is 0 Å². The van der Waals surface area contributed by atoms with Crippen LogP contribution in [-0.4, -0.2) is 12.7 Å². The van der Waals surface area contributed by atoms with Crippen molar-refractivity contribution in [1.29, 1.82) is 0 Å². The second kappa shape index (κ2) is 7.13. The van der Waals surface area contributed by atoms with Crippen LogP contribution in [0.25, 0.3) is 10.8 Å². The Labute approximate surface area is 146 Å². The lowest BCUT2D eigenvalue weighted by Gasteiger charge is -2.08. The highest BCUT2D eigenvalue weighted by Gasteiger charge is 2.10. The maximum Gasteiger partial charge on any atom is 0.486 e. The summed E-state index contributed by atoms with van der Waals surface area (Å²) < 4.78 is 0. The minimum Gasteiger partial charge on any atom is -0.505 e. The Balaban J connectivity index is 1.79.